The van der Waals surface area contributed by atoms with Gasteiger partial charge in [0.05, 0.1) is 5.25 Å². The Balaban J connectivity index is 1.80. The van der Waals surface area contributed by atoms with Gasteiger partial charge in [0.1, 0.15) is 11.6 Å². The molecule has 4 nitrogen and oxygen atoms in total. The van der Waals surface area contributed by atoms with Crippen LogP contribution in [0, 0.1) is 0 Å². The van der Waals surface area contributed by atoms with Crippen molar-refractivity contribution in [1.29, 1.82) is 0 Å². The molecule has 1 saturated carbocycles. The van der Waals surface area contributed by atoms with Gasteiger partial charge in [0, 0.05) is 19.4 Å². The molecule has 120 valence electrons. The number of allylic oxidation sites excluding steroid dienone is 1. The molecule has 1 aromatic carbocycles. The fraction of sp³-hybridized carbons (Fsp3) is 0.389. The van der Waals surface area contributed by atoms with Crippen LogP contribution in [0.2, 0.25) is 0 Å². The number of thioether (sulfide) groups is 1. The third-order valence-corrected chi connectivity index (χ3v) is 5.35. The van der Waals surface area contributed by atoms with E-state index in [-0.39, 0.29) is 5.25 Å². The lowest BCUT2D eigenvalue weighted by atomic mass is 9.99. The zero-order valence-corrected chi connectivity index (χ0v) is 14.0. The van der Waals surface area contributed by atoms with E-state index in [2.05, 4.69) is 33.5 Å². The van der Waals surface area contributed by atoms with Crippen LogP contribution in [-0.2, 0) is 17.8 Å². The zero-order valence-electron chi connectivity index (χ0n) is 13.1. The molecule has 1 heterocycles. The molecule has 0 bridgehead atoms. The largest absolute Gasteiger partial charge is 0.302 e. The molecule has 0 spiro atoms. The summed E-state index contributed by atoms with van der Waals surface area (Å²) in [5.74, 6) is 1.26. The van der Waals surface area contributed by atoms with E-state index in [4.69, 9.17) is 0 Å². The van der Waals surface area contributed by atoms with Crippen LogP contribution in [0.4, 0.5) is 0 Å². The molecule has 0 amide bonds. The highest BCUT2D eigenvalue weighted by Gasteiger charge is 2.25. The Hall–Kier alpha value is -1.88. The quantitative estimate of drug-likeness (QED) is 0.760. The molecule has 1 aromatic heterocycles. The predicted octanol–water partition coefficient (Wildman–Crippen LogP) is 3.66. The van der Waals surface area contributed by atoms with E-state index in [0.717, 1.165) is 36.7 Å². The summed E-state index contributed by atoms with van der Waals surface area (Å²) in [6, 6.07) is 10.2. The van der Waals surface area contributed by atoms with E-state index >= 15 is 0 Å². The highest BCUT2D eigenvalue weighted by molar-refractivity contribution is 8.00. The summed E-state index contributed by atoms with van der Waals surface area (Å²) < 4.78 is 2.08. The Bertz CT molecular complexity index is 681. The van der Waals surface area contributed by atoms with Gasteiger partial charge in [0.25, 0.3) is 0 Å². The number of ketones is 1. The monoisotopic (exact) mass is 327 g/mol. The summed E-state index contributed by atoms with van der Waals surface area (Å²) >= 11 is 1.56. The Labute approximate surface area is 141 Å². The summed E-state index contributed by atoms with van der Waals surface area (Å²) in [4.78, 5) is 12.1. The highest BCUT2D eigenvalue weighted by atomic mass is 32.2. The van der Waals surface area contributed by atoms with Crippen molar-refractivity contribution >= 4 is 17.5 Å². The second-order valence-corrected chi connectivity index (χ2v) is 6.95. The van der Waals surface area contributed by atoms with E-state index in [1.54, 1.807) is 11.8 Å². The van der Waals surface area contributed by atoms with Crippen LogP contribution in [0.1, 0.15) is 37.1 Å². The van der Waals surface area contributed by atoms with Crippen molar-refractivity contribution in [2.24, 2.45) is 0 Å². The summed E-state index contributed by atoms with van der Waals surface area (Å²) in [6.45, 7) is 4.50. The number of benzene rings is 1. The second kappa shape index (κ2) is 7.59. The zero-order chi connectivity index (χ0) is 16.1. The van der Waals surface area contributed by atoms with Gasteiger partial charge >= 0.3 is 0 Å². The van der Waals surface area contributed by atoms with Crippen molar-refractivity contribution in [3.8, 4) is 0 Å². The molecule has 0 saturated heterocycles. The maximum absolute atomic E-state index is 12.1. The topological polar surface area (TPSA) is 47.8 Å². The number of hydrogen-bond donors (Lipinski definition) is 0. The lowest BCUT2D eigenvalue weighted by Crippen LogP contribution is -2.22. The van der Waals surface area contributed by atoms with Crippen molar-refractivity contribution in [2.75, 3.05) is 0 Å². The molecule has 23 heavy (non-hydrogen) atoms. The third kappa shape index (κ3) is 3.91. The Morgan fingerprint density at radius 2 is 2.09 bits per heavy atom. The minimum atomic E-state index is 0.0288. The molecule has 1 fully saturated rings. The van der Waals surface area contributed by atoms with Crippen molar-refractivity contribution in [3.63, 3.8) is 0 Å². The van der Waals surface area contributed by atoms with E-state index in [1.165, 1.54) is 5.56 Å². The standard InChI is InChI=1S/C18H21N3OS/c1-2-12-21-17(13-14-8-4-3-5-9-14)19-20-18(21)23-16-11-7-6-10-15(16)22/h2-5,8-9,16H,1,6-7,10-13H2/t16-/m0/s1. The number of aromatic nitrogens is 3. The first kappa shape index (κ1) is 16.0. The van der Waals surface area contributed by atoms with Gasteiger partial charge in [-0.25, -0.2) is 0 Å². The fourth-order valence-electron chi connectivity index (χ4n) is 2.83. The first-order valence-corrected chi connectivity index (χ1v) is 8.92. The molecule has 0 radical (unpaired) electrons. The molecule has 0 unspecified atom stereocenters. The molecule has 3 rings (SSSR count). The van der Waals surface area contributed by atoms with Gasteiger partial charge in [-0.3, -0.25) is 4.79 Å². The normalized spacial score (nSPS) is 18.1. The van der Waals surface area contributed by atoms with Crippen LogP contribution >= 0.6 is 11.8 Å². The van der Waals surface area contributed by atoms with Crippen molar-refractivity contribution < 1.29 is 4.79 Å². The van der Waals surface area contributed by atoms with Crippen LogP contribution < -0.4 is 0 Å². The smallest absolute Gasteiger partial charge is 0.192 e. The van der Waals surface area contributed by atoms with Gasteiger partial charge in [-0.15, -0.1) is 16.8 Å². The molecule has 2 aromatic rings. The molecular weight excluding hydrogens is 306 g/mol. The summed E-state index contributed by atoms with van der Waals surface area (Å²) in [5, 5.41) is 9.55. The molecule has 0 N–H and O–H groups in total. The van der Waals surface area contributed by atoms with Crippen LogP contribution in [0.5, 0.6) is 0 Å². The van der Waals surface area contributed by atoms with E-state index in [9.17, 15) is 4.79 Å². The molecule has 5 heteroatoms. The number of carbonyl (C=O) groups is 1. The van der Waals surface area contributed by atoms with Crippen LogP contribution in [0.3, 0.4) is 0 Å². The highest BCUT2D eigenvalue weighted by Crippen LogP contribution is 2.31. The molecule has 1 atom stereocenters. The van der Waals surface area contributed by atoms with E-state index < -0.39 is 0 Å². The number of nitrogens with zero attached hydrogens (tertiary/aromatic N) is 3. The average molecular weight is 327 g/mol. The SMILES string of the molecule is C=CCn1c(Cc2ccccc2)nnc1S[C@H]1CCCCC1=O. The lowest BCUT2D eigenvalue weighted by Gasteiger charge is -2.19. The van der Waals surface area contributed by atoms with Crippen LogP contribution in [0.25, 0.3) is 0 Å². The number of hydrogen-bond acceptors (Lipinski definition) is 4. The minimum absolute atomic E-state index is 0.0288. The summed E-state index contributed by atoms with van der Waals surface area (Å²) in [5.41, 5.74) is 1.20. The van der Waals surface area contributed by atoms with Gasteiger partial charge in [-0.05, 0) is 18.4 Å². The van der Waals surface area contributed by atoms with Crippen molar-refractivity contribution in [3.05, 3.63) is 54.4 Å². The summed E-state index contributed by atoms with van der Waals surface area (Å²) in [6.07, 6.45) is 6.37. The number of rotatable bonds is 6. The molecule has 0 aliphatic heterocycles. The van der Waals surface area contributed by atoms with Crippen molar-refractivity contribution in [1.82, 2.24) is 14.8 Å². The molecule has 1 aliphatic carbocycles. The van der Waals surface area contributed by atoms with E-state index in [1.807, 2.05) is 24.3 Å². The van der Waals surface area contributed by atoms with Gasteiger partial charge in [-0.1, -0.05) is 54.6 Å². The maximum atomic E-state index is 12.1. The fourth-order valence-corrected chi connectivity index (χ4v) is 4.01. The predicted molar refractivity (Wildman–Crippen MR) is 92.6 cm³/mol. The van der Waals surface area contributed by atoms with Crippen LogP contribution in [0.15, 0.2) is 48.1 Å². The summed E-state index contributed by atoms with van der Waals surface area (Å²) in [7, 11) is 0. The minimum Gasteiger partial charge on any atom is -0.302 e. The lowest BCUT2D eigenvalue weighted by molar-refractivity contribution is -0.119. The van der Waals surface area contributed by atoms with Gasteiger partial charge in [-0.2, -0.15) is 0 Å². The number of carbonyl (C=O) groups excluding carboxylic acids is 1. The van der Waals surface area contributed by atoms with Gasteiger partial charge in [0.15, 0.2) is 5.16 Å². The first-order chi connectivity index (χ1) is 11.3. The molecule has 1 aliphatic rings. The number of Topliss-reactive ketones (excluding diaryl/α,β-unsaturated/α-hetero) is 1. The van der Waals surface area contributed by atoms with Crippen molar-refractivity contribution in [2.45, 2.75) is 49.1 Å². The van der Waals surface area contributed by atoms with E-state index in [0.29, 0.717) is 18.7 Å². The first-order valence-electron chi connectivity index (χ1n) is 8.04. The average Bonchev–Trinajstić information content (AvgIpc) is 2.93. The second-order valence-electron chi connectivity index (χ2n) is 5.78. The van der Waals surface area contributed by atoms with Gasteiger partial charge < -0.3 is 4.57 Å². The molecular formula is C18H21N3OS. The Morgan fingerprint density at radius 1 is 1.26 bits per heavy atom. The van der Waals surface area contributed by atoms with Crippen LogP contribution in [-0.4, -0.2) is 25.8 Å². The maximum Gasteiger partial charge on any atom is 0.192 e. The Kier molecular flexibility index (Phi) is 5.28. The Morgan fingerprint density at radius 3 is 2.83 bits per heavy atom. The third-order valence-electron chi connectivity index (χ3n) is 4.06. The van der Waals surface area contributed by atoms with Gasteiger partial charge in [0.2, 0.25) is 0 Å².